The van der Waals surface area contributed by atoms with Crippen LogP contribution in [0.5, 0.6) is 5.75 Å². The van der Waals surface area contributed by atoms with Crippen LogP contribution in [0.1, 0.15) is 58.2 Å². The quantitative estimate of drug-likeness (QED) is 0.454. The van der Waals surface area contributed by atoms with E-state index in [1.807, 2.05) is 43.0 Å². The van der Waals surface area contributed by atoms with E-state index < -0.39 is 0 Å². The van der Waals surface area contributed by atoms with Crippen LogP contribution in [0.25, 0.3) is 0 Å². The highest BCUT2D eigenvalue weighted by molar-refractivity contribution is 7.10. The zero-order valence-electron chi connectivity index (χ0n) is 20.3. The number of fused-ring (bicyclic) bond motifs is 1. The van der Waals surface area contributed by atoms with E-state index in [4.69, 9.17) is 4.74 Å². The third-order valence-corrected chi connectivity index (χ3v) is 7.79. The molecule has 3 aromatic rings. The number of benzene rings is 2. The summed E-state index contributed by atoms with van der Waals surface area (Å²) in [7, 11) is 1.56. The standard InChI is InChI=1S/C28H32N2O3S/c1-5-20(3)30(28(32)22-12-8-9-13-24(22)33-4)18-26(31)29-16-14-25-23(15-17-34-25)27(29)21-11-7-6-10-19(21)2/h6-13,15,17,20,27H,5,14,16,18H2,1-4H3. The Kier molecular flexibility index (Phi) is 7.37. The van der Waals surface area contributed by atoms with Gasteiger partial charge >= 0.3 is 0 Å². The first kappa shape index (κ1) is 24.0. The molecule has 2 unspecified atom stereocenters. The second-order valence-electron chi connectivity index (χ2n) is 8.79. The molecule has 0 fully saturated rings. The maximum Gasteiger partial charge on any atom is 0.258 e. The number of amides is 2. The summed E-state index contributed by atoms with van der Waals surface area (Å²) < 4.78 is 5.43. The highest BCUT2D eigenvalue weighted by atomic mass is 32.1. The molecule has 1 aliphatic rings. The summed E-state index contributed by atoms with van der Waals surface area (Å²) in [6, 6.07) is 17.4. The molecule has 2 atom stereocenters. The molecular weight excluding hydrogens is 444 g/mol. The van der Waals surface area contributed by atoms with Crippen LogP contribution in [0.3, 0.4) is 0 Å². The van der Waals surface area contributed by atoms with Crippen LogP contribution >= 0.6 is 11.3 Å². The van der Waals surface area contributed by atoms with Gasteiger partial charge in [0.05, 0.1) is 18.7 Å². The number of carbonyl (C=O) groups excluding carboxylic acids is 2. The maximum atomic E-state index is 13.9. The van der Waals surface area contributed by atoms with Crippen LogP contribution in [0.4, 0.5) is 0 Å². The van der Waals surface area contributed by atoms with Gasteiger partial charge in [-0.05, 0) is 67.0 Å². The average Bonchev–Trinajstić information content (AvgIpc) is 3.35. The summed E-state index contributed by atoms with van der Waals surface area (Å²) in [4.78, 5) is 32.4. The first-order valence-corrected chi connectivity index (χ1v) is 12.7. The van der Waals surface area contributed by atoms with Crippen LogP contribution in [0.2, 0.25) is 0 Å². The predicted octanol–water partition coefficient (Wildman–Crippen LogP) is 5.48. The Hall–Kier alpha value is -3.12. The molecule has 2 heterocycles. The molecule has 0 spiro atoms. The Balaban J connectivity index is 1.67. The van der Waals surface area contributed by atoms with Crippen molar-refractivity contribution in [2.75, 3.05) is 20.2 Å². The predicted molar refractivity (Wildman–Crippen MR) is 137 cm³/mol. The number of hydrogen-bond acceptors (Lipinski definition) is 4. The molecule has 0 aliphatic carbocycles. The van der Waals surface area contributed by atoms with Gasteiger partial charge in [0.25, 0.3) is 5.91 Å². The monoisotopic (exact) mass is 476 g/mol. The lowest BCUT2D eigenvalue weighted by molar-refractivity contribution is -0.134. The number of methoxy groups -OCH3 is 1. The molecule has 0 saturated heterocycles. The van der Waals surface area contributed by atoms with Crippen molar-refractivity contribution in [1.29, 1.82) is 0 Å². The number of nitrogens with zero attached hydrogens (tertiary/aromatic N) is 2. The molecule has 178 valence electrons. The summed E-state index contributed by atoms with van der Waals surface area (Å²) in [5, 5.41) is 2.11. The number of para-hydroxylation sites is 1. The first-order valence-electron chi connectivity index (χ1n) is 11.8. The molecule has 5 nitrogen and oxygen atoms in total. The summed E-state index contributed by atoms with van der Waals surface area (Å²) in [6.07, 6.45) is 1.59. The third-order valence-electron chi connectivity index (χ3n) is 6.80. The molecule has 4 rings (SSSR count). The smallest absolute Gasteiger partial charge is 0.258 e. The van der Waals surface area contributed by atoms with Crippen LogP contribution in [-0.4, -0.2) is 47.9 Å². The van der Waals surface area contributed by atoms with Crippen molar-refractivity contribution in [3.63, 3.8) is 0 Å². The normalized spacial score (nSPS) is 16.0. The summed E-state index contributed by atoms with van der Waals surface area (Å²) in [6.45, 7) is 6.80. The fourth-order valence-corrected chi connectivity index (χ4v) is 5.58. The first-order chi connectivity index (χ1) is 16.5. The van der Waals surface area contributed by atoms with Crippen molar-refractivity contribution in [3.8, 4) is 5.75 Å². The number of aryl methyl sites for hydroxylation is 1. The Morgan fingerprint density at radius 1 is 1.12 bits per heavy atom. The zero-order chi connectivity index (χ0) is 24.2. The minimum atomic E-state index is -0.180. The van der Waals surface area contributed by atoms with Crippen molar-refractivity contribution in [1.82, 2.24) is 9.80 Å². The van der Waals surface area contributed by atoms with E-state index in [9.17, 15) is 9.59 Å². The van der Waals surface area contributed by atoms with Gasteiger partial charge in [-0.1, -0.05) is 43.3 Å². The molecule has 0 N–H and O–H groups in total. The van der Waals surface area contributed by atoms with E-state index in [0.717, 1.165) is 24.0 Å². The summed E-state index contributed by atoms with van der Waals surface area (Å²) in [5.41, 5.74) is 3.98. The minimum absolute atomic E-state index is 0.0337. The Bertz CT molecular complexity index is 1170. The second kappa shape index (κ2) is 10.4. The number of thiophene rings is 1. The van der Waals surface area contributed by atoms with Gasteiger partial charge in [-0.3, -0.25) is 9.59 Å². The van der Waals surface area contributed by atoms with Crippen LogP contribution in [0.15, 0.2) is 60.0 Å². The van der Waals surface area contributed by atoms with Crippen LogP contribution < -0.4 is 4.74 Å². The zero-order valence-corrected chi connectivity index (χ0v) is 21.1. The SMILES string of the molecule is CCC(C)N(CC(=O)N1CCc2sccc2C1c1ccccc1C)C(=O)c1ccccc1OC. The Labute approximate surface area is 206 Å². The van der Waals surface area contributed by atoms with Crippen LogP contribution in [0, 0.1) is 6.92 Å². The average molecular weight is 477 g/mol. The van der Waals surface area contributed by atoms with E-state index >= 15 is 0 Å². The largest absolute Gasteiger partial charge is 0.496 e. The molecule has 6 heteroatoms. The van der Waals surface area contributed by atoms with Crippen molar-refractivity contribution in [2.24, 2.45) is 0 Å². The van der Waals surface area contributed by atoms with Gasteiger partial charge in [-0.2, -0.15) is 0 Å². The highest BCUT2D eigenvalue weighted by Gasteiger charge is 2.35. The molecule has 0 radical (unpaired) electrons. The van der Waals surface area contributed by atoms with Gasteiger partial charge in [-0.25, -0.2) is 0 Å². The van der Waals surface area contributed by atoms with E-state index in [-0.39, 0.29) is 30.4 Å². The summed E-state index contributed by atoms with van der Waals surface area (Å²) >= 11 is 1.76. The molecule has 2 aromatic carbocycles. The summed E-state index contributed by atoms with van der Waals surface area (Å²) in [5.74, 6) is 0.307. The lowest BCUT2D eigenvalue weighted by Gasteiger charge is -2.39. The molecule has 1 aromatic heterocycles. The second-order valence-corrected chi connectivity index (χ2v) is 9.79. The molecule has 1 aliphatic heterocycles. The Morgan fingerprint density at radius 2 is 1.85 bits per heavy atom. The van der Waals surface area contributed by atoms with Crippen molar-refractivity contribution < 1.29 is 14.3 Å². The molecule has 0 saturated carbocycles. The van der Waals surface area contributed by atoms with Crippen molar-refractivity contribution >= 4 is 23.2 Å². The van der Waals surface area contributed by atoms with E-state index in [1.165, 1.54) is 10.4 Å². The fraction of sp³-hybridized carbons (Fsp3) is 0.357. The van der Waals surface area contributed by atoms with Crippen molar-refractivity contribution in [3.05, 3.63) is 87.1 Å². The molecule has 0 bridgehead atoms. The number of rotatable bonds is 7. The lowest BCUT2D eigenvalue weighted by Crippen LogP contribution is -2.49. The number of ether oxygens (including phenoxy) is 1. The molecule has 34 heavy (non-hydrogen) atoms. The third kappa shape index (κ3) is 4.60. The van der Waals surface area contributed by atoms with Gasteiger partial charge in [0, 0.05) is 17.5 Å². The van der Waals surface area contributed by atoms with E-state index in [0.29, 0.717) is 17.9 Å². The van der Waals surface area contributed by atoms with Gasteiger partial charge in [0.2, 0.25) is 5.91 Å². The number of hydrogen-bond donors (Lipinski definition) is 0. The minimum Gasteiger partial charge on any atom is -0.496 e. The molecule has 2 amide bonds. The fourth-order valence-electron chi connectivity index (χ4n) is 4.67. The van der Waals surface area contributed by atoms with E-state index in [2.05, 4.69) is 30.5 Å². The Morgan fingerprint density at radius 3 is 2.59 bits per heavy atom. The molecular formula is C28H32N2O3S. The van der Waals surface area contributed by atoms with Crippen molar-refractivity contribution in [2.45, 2.75) is 45.7 Å². The highest BCUT2D eigenvalue weighted by Crippen LogP contribution is 2.39. The van der Waals surface area contributed by atoms with Gasteiger partial charge in [0.1, 0.15) is 12.3 Å². The maximum absolute atomic E-state index is 13.9. The van der Waals surface area contributed by atoms with Gasteiger partial charge in [-0.15, -0.1) is 11.3 Å². The van der Waals surface area contributed by atoms with Crippen LogP contribution in [-0.2, 0) is 11.2 Å². The lowest BCUT2D eigenvalue weighted by atomic mass is 9.90. The topological polar surface area (TPSA) is 49.9 Å². The van der Waals surface area contributed by atoms with E-state index in [1.54, 1.807) is 35.5 Å². The van der Waals surface area contributed by atoms with Gasteiger partial charge in [0.15, 0.2) is 0 Å². The number of carbonyl (C=O) groups is 2. The van der Waals surface area contributed by atoms with Gasteiger partial charge < -0.3 is 14.5 Å².